The summed E-state index contributed by atoms with van der Waals surface area (Å²) in [4.78, 5) is 0. The van der Waals surface area contributed by atoms with Crippen LogP contribution in [0.25, 0.3) is 0 Å². The minimum atomic E-state index is -0.615. The van der Waals surface area contributed by atoms with Gasteiger partial charge < -0.3 is 19.3 Å². The topological polar surface area (TPSA) is 47.9 Å². The summed E-state index contributed by atoms with van der Waals surface area (Å²) < 4.78 is 16.0. The maximum atomic E-state index is 9.83. The van der Waals surface area contributed by atoms with E-state index in [0.29, 0.717) is 32.2 Å². The molecule has 2 rings (SSSR count). The summed E-state index contributed by atoms with van der Waals surface area (Å²) in [5, 5.41) is 9.83. The predicted octanol–water partition coefficient (Wildman–Crippen LogP) is 1.53. The van der Waals surface area contributed by atoms with Crippen LogP contribution >= 0.6 is 0 Å². The number of hydrogen-bond donors (Lipinski definition) is 1. The van der Waals surface area contributed by atoms with Crippen LogP contribution in [0, 0.1) is 0 Å². The lowest BCUT2D eigenvalue weighted by Gasteiger charge is -2.20. The first-order valence-electron chi connectivity index (χ1n) is 5.46. The standard InChI is InChI=1S/C12H16O4/c1-2-14-8-10(13)9-3-4-11-12(7-9)16-6-5-15-11/h3-4,7,10,13H,2,5-6,8H2,1H3. The second-order valence-electron chi connectivity index (χ2n) is 3.58. The fraction of sp³-hybridized carbons (Fsp3) is 0.500. The Morgan fingerprint density at radius 2 is 2.06 bits per heavy atom. The maximum Gasteiger partial charge on any atom is 0.161 e. The summed E-state index contributed by atoms with van der Waals surface area (Å²) in [6.07, 6.45) is -0.615. The average Bonchev–Trinajstić information content (AvgIpc) is 2.35. The molecule has 0 spiro atoms. The Hall–Kier alpha value is -1.26. The van der Waals surface area contributed by atoms with Crippen molar-refractivity contribution in [1.82, 2.24) is 0 Å². The van der Waals surface area contributed by atoms with Crippen LogP contribution < -0.4 is 9.47 Å². The van der Waals surface area contributed by atoms with Gasteiger partial charge in [-0.15, -0.1) is 0 Å². The average molecular weight is 224 g/mol. The molecule has 4 heteroatoms. The highest BCUT2D eigenvalue weighted by atomic mass is 16.6. The zero-order valence-electron chi connectivity index (χ0n) is 9.31. The van der Waals surface area contributed by atoms with Gasteiger partial charge in [0.25, 0.3) is 0 Å². The van der Waals surface area contributed by atoms with Gasteiger partial charge in [0.05, 0.1) is 6.61 Å². The quantitative estimate of drug-likeness (QED) is 0.842. The molecule has 0 bridgehead atoms. The van der Waals surface area contributed by atoms with Crippen LogP contribution in [-0.4, -0.2) is 31.5 Å². The third-order valence-corrected chi connectivity index (χ3v) is 2.43. The van der Waals surface area contributed by atoms with Gasteiger partial charge in [-0.1, -0.05) is 6.07 Å². The molecule has 4 nitrogen and oxygen atoms in total. The van der Waals surface area contributed by atoms with E-state index in [0.717, 1.165) is 11.3 Å². The van der Waals surface area contributed by atoms with E-state index in [-0.39, 0.29) is 0 Å². The zero-order chi connectivity index (χ0) is 11.4. The lowest BCUT2D eigenvalue weighted by molar-refractivity contribution is 0.0417. The summed E-state index contributed by atoms with van der Waals surface area (Å²) in [5.74, 6) is 1.43. The number of aliphatic hydroxyl groups is 1. The lowest BCUT2D eigenvalue weighted by atomic mass is 10.1. The van der Waals surface area contributed by atoms with Crippen molar-refractivity contribution < 1.29 is 19.3 Å². The summed E-state index contributed by atoms with van der Waals surface area (Å²) in [6, 6.07) is 5.45. The molecule has 1 aromatic carbocycles. The molecule has 1 aromatic rings. The largest absolute Gasteiger partial charge is 0.486 e. The van der Waals surface area contributed by atoms with Gasteiger partial charge in [0, 0.05) is 6.61 Å². The predicted molar refractivity (Wildman–Crippen MR) is 58.9 cm³/mol. The lowest BCUT2D eigenvalue weighted by Crippen LogP contribution is -2.16. The van der Waals surface area contributed by atoms with E-state index in [4.69, 9.17) is 14.2 Å². The molecule has 1 N–H and O–H groups in total. The molecule has 1 atom stereocenters. The highest BCUT2D eigenvalue weighted by Crippen LogP contribution is 2.32. The third kappa shape index (κ3) is 2.46. The van der Waals surface area contributed by atoms with E-state index in [9.17, 15) is 5.11 Å². The molecule has 0 radical (unpaired) electrons. The van der Waals surface area contributed by atoms with Gasteiger partial charge in [-0.25, -0.2) is 0 Å². The van der Waals surface area contributed by atoms with Gasteiger partial charge >= 0.3 is 0 Å². The number of hydrogen-bond acceptors (Lipinski definition) is 4. The van der Waals surface area contributed by atoms with Gasteiger partial charge in [0.15, 0.2) is 11.5 Å². The molecule has 0 saturated carbocycles. The highest BCUT2D eigenvalue weighted by molar-refractivity contribution is 5.44. The van der Waals surface area contributed by atoms with Crippen LogP contribution in [0.15, 0.2) is 18.2 Å². The van der Waals surface area contributed by atoms with Gasteiger partial charge in [-0.05, 0) is 24.6 Å². The van der Waals surface area contributed by atoms with Crippen molar-refractivity contribution in [2.45, 2.75) is 13.0 Å². The Balaban J connectivity index is 2.10. The van der Waals surface area contributed by atoms with E-state index in [1.165, 1.54) is 0 Å². The van der Waals surface area contributed by atoms with Crippen molar-refractivity contribution in [1.29, 1.82) is 0 Å². The highest BCUT2D eigenvalue weighted by Gasteiger charge is 2.15. The Bertz CT molecular complexity index is 351. The molecule has 0 amide bonds. The van der Waals surface area contributed by atoms with Crippen LogP contribution in [0.1, 0.15) is 18.6 Å². The van der Waals surface area contributed by atoms with E-state index in [2.05, 4.69) is 0 Å². The van der Waals surface area contributed by atoms with Gasteiger partial charge in [-0.2, -0.15) is 0 Å². The summed E-state index contributed by atoms with van der Waals surface area (Å²) >= 11 is 0. The monoisotopic (exact) mass is 224 g/mol. The number of rotatable bonds is 4. The van der Waals surface area contributed by atoms with Crippen LogP contribution in [0.4, 0.5) is 0 Å². The van der Waals surface area contributed by atoms with Crippen LogP contribution in [0.3, 0.4) is 0 Å². The van der Waals surface area contributed by atoms with Crippen LogP contribution in [-0.2, 0) is 4.74 Å². The Morgan fingerprint density at radius 1 is 1.31 bits per heavy atom. The number of benzene rings is 1. The molecule has 1 unspecified atom stereocenters. The minimum absolute atomic E-state index is 0.302. The fourth-order valence-electron chi connectivity index (χ4n) is 1.59. The molecule has 1 aliphatic heterocycles. The number of ether oxygens (including phenoxy) is 3. The summed E-state index contributed by atoms with van der Waals surface area (Å²) in [6.45, 7) is 3.93. The molecule has 0 aromatic heterocycles. The molecule has 1 heterocycles. The molecule has 1 aliphatic rings. The molecule has 0 aliphatic carbocycles. The van der Waals surface area contributed by atoms with Gasteiger partial charge in [-0.3, -0.25) is 0 Å². The van der Waals surface area contributed by atoms with Crippen molar-refractivity contribution in [3.63, 3.8) is 0 Å². The molecule has 88 valence electrons. The third-order valence-electron chi connectivity index (χ3n) is 2.43. The van der Waals surface area contributed by atoms with Gasteiger partial charge in [0.1, 0.15) is 19.3 Å². The van der Waals surface area contributed by atoms with E-state index >= 15 is 0 Å². The fourth-order valence-corrected chi connectivity index (χ4v) is 1.59. The van der Waals surface area contributed by atoms with E-state index in [1.807, 2.05) is 19.1 Å². The van der Waals surface area contributed by atoms with E-state index < -0.39 is 6.10 Å². The van der Waals surface area contributed by atoms with Gasteiger partial charge in [0.2, 0.25) is 0 Å². The van der Waals surface area contributed by atoms with Crippen LogP contribution in [0.5, 0.6) is 11.5 Å². The molecule has 16 heavy (non-hydrogen) atoms. The van der Waals surface area contributed by atoms with Crippen molar-refractivity contribution in [3.05, 3.63) is 23.8 Å². The Kier molecular flexibility index (Phi) is 3.64. The van der Waals surface area contributed by atoms with Crippen molar-refractivity contribution >= 4 is 0 Å². The SMILES string of the molecule is CCOCC(O)c1ccc2c(c1)OCCO2. The van der Waals surface area contributed by atoms with E-state index in [1.54, 1.807) is 6.07 Å². The van der Waals surface area contributed by atoms with Crippen molar-refractivity contribution in [2.24, 2.45) is 0 Å². The first kappa shape index (κ1) is 11.2. The molecular formula is C12H16O4. The second kappa shape index (κ2) is 5.18. The molecule has 0 fully saturated rings. The van der Waals surface area contributed by atoms with Crippen molar-refractivity contribution in [3.8, 4) is 11.5 Å². The number of fused-ring (bicyclic) bond motifs is 1. The number of aliphatic hydroxyl groups excluding tert-OH is 1. The normalized spacial score (nSPS) is 15.9. The first-order valence-corrected chi connectivity index (χ1v) is 5.46. The minimum Gasteiger partial charge on any atom is -0.486 e. The Morgan fingerprint density at radius 3 is 2.81 bits per heavy atom. The summed E-state index contributed by atoms with van der Waals surface area (Å²) in [7, 11) is 0. The summed E-state index contributed by atoms with van der Waals surface area (Å²) in [5.41, 5.74) is 0.790. The zero-order valence-corrected chi connectivity index (χ0v) is 9.31. The maximum absolute atomic E-state index is 9.83. The second-order valence-corrected chi connectivity index (χ2v) is 3.58. The first-order chi connectivity index (χ1) is 7.81. The van der Waals surface area contributed by atoms with Crippen LogP contribution in [0.2, 0.25) is 0 Å². The molecule has 0 saturated heterocycles. The smallest absolute Gasteiger partial charge is 0.161 e. The molecular weight excluding hydrogens is 208 g/mol. The Labute approximate surface area is 94.8 Å². The van der Waals surface area contributed by atoms with Crippen molar-refractivity contribution in [2.75, 3.05) is 26.4 Å².